The second-order valence-electron chi connectivity index (χ2n) is 10.7. The molecule has 9 nitrogen and oxygen atoms in total. The zero-order valence-corrected chi connectivity index (χ0v) is 23.6. The number of ether oxygens (including phenoxy) is 1. The number of anilines is 1. The van der Waals surface area contributed by atoms with E-state index in [-0.39, 0.29) is 54.1 Å². The molecule has 1 saturated carbocycles. The molecule has 1 aliphatic heterocycles. The first kappa shape index (κ1) is 30.0. The predicted molar refractivity (Wildman–Crippen MR) is 151 cm³/mol. The molecule has 3 heterocycles. The number of nitrogens with one attached hydrogen (secondary N) is 3. The van der Waals surface area contributed by atoms with Crippen molar-refractivity contribution in [1.82, 2.24) is 25.0 Å². The Morgan fingerprint density at radius 3 is 2.55 bits per heavy atom. The van der Waals surface area contributed by atoms with Gasteiger partial charge in [-0.3, -0.25) is 4.55 Å². The van der Waals surface area contributed by atoms with Gasteiger partial charge >= 0.3 is 0 Å². The van der Waals surface area contributed by atoms with Crippen molar-refractivity contribution in [3.63, 3.8) is 0 Å². The van der Waals surface area contributed by atoms with E-state index >= 15 is 13.2 Å². The van der Waals surface area contributed by atoms with Gasteiger partial charge in [0.25, 0.3) is 5.92 Å². The Kier molecular flexibility index (Phi) is 8.04. The molecule has 0 amide bonds. The van der Waals surface area contributed by atoms with Crippen LogP contribution in [0, 0.1) is 22.9 Å². The molecule has 1 spiro atoms. The molecule has 0 radical (unpaired) electrons. The Labute approximate surface area is 250 Å². The Bertz CT molecular complexity index is 1720. The molecule has 44 heavy (non-hydrogen) atoms. The van der Waals surface area contributed by atoms with Gasteiger partial charge in [0, 0.05) is 49.6 Å². The molecule has 2 aromatic heterocycles. The monoisotopic (exact) mass is 632 g/mol. The molecule has 6 rings (SSSR count). The average Bonchev–Trinajstić information content (AvgIpc) is 3.52. The van der Waals surface area contributed by atoms with Crippen LogP contribution in [0.4, 0.5) is 27.9 Å². The van der Waals surface area contributed by atoms with Crippen molar-refractivity contribution in [3.05, 3.63) is 95.6 Å². The summed E-state index contributed by atoms with van der Waals surface area (Å²) in [5, 5.41) is 6.11. The number of benzene rings is 2. The normalized spacial score (nSPS) is 21.9. The molecule has 4 aromatic rings. The van der Waals surface area contributed by atoms with E-state index in [1.54, 1.807) is 30.3 Å². The van der Waals surface area contributed by atoms with Crippen LogP contribution in [0.2, 0.25) is 0 Å². The van der Waals surface area contributed by atoms with Crippen molar-refractivity contribution in [3.8, 4) is 22.9 Å². The summed E-state index contributed by atoms with van der Waals surface area (Å²) in [5.41, 5.74) is -1.20. The van der Waals surface area contributed by atoms with E-state index in [2.05, 4.69) is 30.3 Å². The second-order valence-corrected chi connectivity index (χ2v) is 11.4. The van der Waals surface area contributed by atoms with Crippen LogP contribution in [-0.2, 0) is 11.3 Å². The number of hydrogen-bond donors (Lipinski definition) is 4. The zero-order chi connectivity index (χ0) is 31.1. The maximum Gasteiger partial charge on any atom is 0.255 e. The summed E-state index contributed by atoms with van der Waals surface area (Å²) >= 11 is -2.69. The summed E-state index contributed by atoms with van der Waals surface area (Å²) in [5.74, 6) is -8.03. The van der Waals surface area contributed by atoms with Crippen LogP contribution in [0.5, 0.6) is 11.6 Å². The number of aromatic nitrogens is 3. The molecular formula is C29H25F5N6O3S. The van der Waals surface area contributed by atoms with E-state index in [4.69, 9.17) is 4.74 Å². The highest BCUT2D eigenvalue weighted by atomic mass is 32.2. The average molecular weight is 633 g/mol. The number of nitrogens with zero attached hydrogens (tertiary/aromatic N) is 3. The van der Waals surface area contributed by atoms with Gasteiger partial charge in [-0.2, -0.15) is 4.39 Å². The molecule has 4 atom stereocenters. The van der Waals surface area contributed by atoms with Crippen LogP contribution in [-0.4, -0.2) is 48.8 Å². The first-order chi connectivity index (χ1) is 21.1. The first-order valence-corrected chi connectivity index (χ1v) is 14.6. The molecule has 4 unspecified atom stereocenters. The summed E-state index contributed by atoms with van der Waals surface area (Å²) in [7, 11) is 0. The molecule has 230 valence electrons. The fourth-order valence-corrected chi connectivity index (χ4v) is 5.95. The van der Waals surface area contributed by atoms with Gasteiger partial charge in [0.15, 0.2) is 11.6 Å². The van der Waals surface area contributed by atoms with Gasteiger partial charge in [0.2, 0.25) is 28.9 Å². The Morgan fingerprint density at radius 2 is 1.82 bits per heavy atom. The summed E-state index contributed by atoms with van der Waals surface area (Å²) in [6, 6.07) is 11.0. The third kappa shape index (κ3) is 5.87. The van der Waals surface area contributed by atoms with Crippen LogP contribution in [0.15, 0.2) is 67.0 Å². The smallest absolute Gasteiger partial charge is 0.255 e. The zero-order valence-electron chi connectivity index (χ0n) is 22.7. The number of alkyl halides is 2. The minimum absolute atomic E-state index is 0.151. The van der Waals surface area contributed by atoms with Crippen molar-refractivity contribution >= 4 is 17.2 Å². The van der Waals surface area contributed by atoms with E-state index in [9.17, 15) is 17.5 Å². The fraction of sp³-hybridized carbons (Fsp3) is 0.276. The van der Waals surface area contributed by atoms with Crippen LogP contribution in [0.25, 0.3) is 11.3 Å². The number of hydrogen-bond acceptors (Lipinski definition) is 7. The molecule has 15 heteroatoms. The molecule has 1 saturated heterocycles. The number of piperidine rings is 1. The molecule has 4 N–H and O–H groups in total. The lowest BCUT2D eigenvalue weighted by atomic mass is 9.92. The van der Waals surface area contributed by atoms with Crippen LogP contribution >= 0.6 is 0 Å². The van der Waals surface area contributed by atoms with Gasteiger partial charge in [0.1, 0.15) is 5.82 Å². The van der Waals surface area contributed by atoms with Crippen molar-refractivity contribution in [2.24, 2.45) is 5.41 Å². The van der Waals surface area contributed by atoms with Gasteiger partial charge in [-0.1, -0.05) is 30.3 Å². The quantitative estimate of drug-likeness (QED) is 0.111. The molecule has 2 aliphatic rings. The maximum atomic E-state index is 15.4. The van der Waals surface area contributed by atoms with Crippen LogP contribution < -0.4 is 20.1 Å². The van der Waals surface area contributed by atoms with Crippen molar-refractivity contribution in [2.45, 2.75) is 30.8 Å². The minimum atomic E-state index is -2.71. The van der Waals surface area contributed by atoms with Gasteiger partial charge in [0.05, 0.1) is 22.7 Å². The van der Waals surface area contributed by atoms with Crippen LogP contribution in [0.1, 0.15) is 30.0 Å². The fourth-order valence-electron chi connectivity index (χ4n) is 5.50. The molecular weight excluding hydrogens is 607 g/mol. The Morgan fingerprint density at radius 1 is 1.05 bits per heavy atom. The summed E-state index contributed by atoms with van der Waals surface area (Å²) in [6.45, 7) is 0.673. The van der Waals surface area contributed by atoms with Crippen molar-refractivity contribution in [1.29, 1.82) is 0 Å². The third-order valence-corrected chi connectivity index (χ3v) is 8.18. The summed E-state index contributed by atoms with van der Waals surface area (Å²) in [4.78, 5) is 12.7. The highest BCUT2D eigenvalue weighted by molar-refractivity contribution is 7.77. The highest BCUT2D eigenvalue weighted by Crippen LogP contribution is 2.63. The lowest BCUT2D eigenvalue weighted by Gasteiger charge is -2.30. The Hall–Kier alpha value is -4.05. The molecule has 2 aromatic carbocycles. The van der Waals surface area contributed by atoms with Gasteiger partial charge < -0.3 is 15.4 Å². The summed E-state index contributed by atoms with van der Waals surface area (Å²) < 4.78 is 103. The molecule has 2 fully saturated rings. The van der Waals surface area contributed by atoms with Gasteiger partial charge in [-0.15, -0.1) is 0 Å². The van der Waals surface area contributed by atoms with E-state index in [0.717, 1.165) is 0 Å². The van der Waals surface area contributed by atoms with Gasteiger partial charge in [-0.25, -0.2) is 41.4 Å². The minimum Gasteiger partial charge on any atom is -0.435 e. The Balaban J connectivity index is 1.27. The lowest BCUT2D eigenvalue weighted by Crippen LogP contribution is -2.46. The standard InChI is InChI=1S/C29H25F5N6O3S/c30-19-11-21(23(31)24(32)22(19)25(40-44(41)42)16-5-2-1-3-6-16)43-26-18(7-4-9-36-26)20-8-10-37-27(39-20)38-17-12-28(15-35-13-17)14-29(28,33)34/h1-11,17,25,35,40H,12-15H2,(H,41,42)(H,37,38,39). The van der Waals surface area contributed by atoms with E-state index < -0.39 is 57.4 Å². The highest BCUT2D eigenvalue weighted by Gasteiger charge is 2.71. The maximum absolute atomic E-state index is 15.4. The van der Waals surface area contributed by atoms with Gasteiger partial charge in [-0.05, 0) is 30.2 Å². The molecule has 1 aliphatic carbocycles. The SMILES string of the molecule is O=S(O)NC(c1ccccc1)c1c(F)cc(Oc2ncccc2-c2ccnc(NC3CNCC4(C3)CC4(F)F)n2)c(F)c1F. The van der Waals surface area contributed by atoms with Crippen molar-refractivity contribution in [2.75, 3.05) is 18.4 Å². The first-order valence-electron chi connectivity index (χ1n) is 13.5. The van der Waals surface area contributed by atoms with E-state index in [0.29, 0.717) is 12.6 Å². The number of rotatable bonds is 9. The predicted octanol–water partition coefficient (Wildman–Crippen LogP) is 5.36. The largest absolute Gasteiger partial charge is 0.435 e. The number of halogens is 5. The second kappa shape index (κ2) is 11.8. The third-order valence-electron chi connectivity index (χ3n) is 7.75. The molecule has 0 bridgehead atoms. The lowest BCUT2D eigenvalue weighted by molar-refractivity contribution is 0.0515. The number of pyridine rings is 1. The van der Waals surface area contributed by atoms with Crippen LogP contribution in [0.3, 0.4) is 0 Å². The van der Waals surface area contributed by atoms with E-state index in [1.807, 2.05) is 0 Å². The topological polar surface area (TPSA) is 121 Å². The van der Waals surface area contributed by atoms with Crippen molar-refractivity contribution < 1.29 is 35.5 Å². The van der Waals surface area contributed by atoms with E-state index in [1.165, 1.54) is 30.6 Å². The summed E-state index contributed by atoms with van der Waals surface area (Å²) in [6.07, 6.45) is 2.82.